The lowest BCUT2D eigenvalue weighted by Crippen LogP contribution is -2.50. The number of nitrogens with one attached hydrogen (secondary N) is 1. The van der Waals surface area contributed by atoms with Gasteiger partial charge in [0.15, 0.2) is 0 Å². The third-order valence-corrected chi connectivity index (χ3v) is 7.19. The second-order valence-corrected chi connectivity index (χ2v) is 8.99. The number of piperidine rings is 1. The Morgan fingerprint density at radius 2 is 1.90 bits per heavy atom. The van der Waals surface area contributed by atoms with Gasteiger partial charge in [-0.3, -0.25) is 9.59 Å². The molecular weight excluding hydrogens is 386 g/mol. The molecule has 29 heavy (non-hydrogen) atoms. The van der Waals surface area contributed by atoms with Gasteiger partial charge < -0.3 is 15.1 Å². The van der Waals surface area contributed by atoms with Crippen LogP contribution in [0.5, 0.6) is 0 Å². The Balaban J connectivity index is 0.00000240. The monoisotopic (exact) mass is 419 g/mol. The molecule has 0 spiro atoms. The zero-order chi connectivity index (χ0) is 19.8. The topological polar surface area (TPSA) is 52.7 Å². The number of nitrogens with zero attached hydrogens (tertiary/aromatic N) is 2. The summed E-state index contributed by atoms with van der Waals surface area (Å²) in [7, 11) is 1.94. The molecule has 1 aromatic carbocycles. The minimum absolute atomic E-state index is 0. The maximum Gasteiger partial charge on any atom is 0.228 e. The van der Waals surface area contributed by atoms with Gasteiger partial charge in [-0.2, -0.15) is 0 Å². The van der Waals surface area contributed by atoms with Crippen LogP contribution in [-0.4, -0.2) is 48.4 Å². The first-order chi connectivity index (χ1) is 13.5. The molecule has 160 valence electrons. The van der Waals surface area contributed by atoms with Crippen molar-refractivity contribution in [2.24, 2.45) is 5.92 Å². The number of benzene rings is 1. The molecule has 2 amide bonds. The number of hydrogen-bond donors (Lipinski definition) is 1. The summed E-state index contributed by atoms with van der Waals surface area (Å²) in [6, 6.07) is 9.59. The van der Waals surface area contributed by atoms with Crippen molar-refractivity contribution < 1.29 is 9.59 Å². The van der Waals surface area contributed by atoms with E-state index in [9.17, 15) is 9.59 Å². The SMILES string of the molecule is CCC(C)c1ccccc1N1CC(C(=O)N(C)C2CC3CCC(C2)N3)CC1=O.Cl. The van der Waals surface area contributed by atoms with Crippen molar-refractivity contribution in [3.63, 3.8) is 0 Å². The lowest BCUT2D eigenvalue weighted by atomic mass is 9.96. The molecule has 0 saturated carbocycles. The molecule has 0 aliphatic carbocycles. The van der Waals surface area contributed by atoms with Gasteiger partial charge in [-0.05, 0) is 49.7 Å². The van der Waals surface area contributed by atoms with Gasteiger partial charge in [-0.15, -0.1) is 12.4 Å². The average molecular weight is 420 g/mol. The summed E-state index contributed by atoms with van der Waals surface area (Å²) in [5, 5.41) is 3.64. The van der Waals surface area contributed by atoms with Gasteiger partial charge in [0.05, 0.1) is 5.92 Å². The summed E-state index contributed by atoms with van der Waals surface area (Å²) in [6.07, 6.45) is 5.90. The average Bonchev–Trinajstić information content (AvgIpc) is 3.27. The van der Waals surface area contributed by atoms with E-state index in [0.717, 1.165) is 24.9 Å². The molecule has 4 atom stereocenters. The van der Waals surface area contributed by atoms with Gasteiger partial charge >= 0.3 is 0 Å². The largest absolute Gasteiger partial charge is 0.342 e. The van der Waals surface area contributed by atoms with E-state index < -0.39 is 0 Å². The fourth-order valence-corrected chi connectivity index (χ4v) is 5.29. The molecule has 1 N–H and O–H groups in total. The van der Waals surface area contributed by atoms with Crippen LogP contribution in [0.3, 0.4) is 0 Å². The maximum atomic E-state index is 13.2. The highest BCUT2D eigenvalue weighted by Crippen LogP contribution is 2.35. The summed E-state index contributed by atoms with van der Waals surface area (Å²) in [5.74, 6) is 0.387. The Morgan fingerprint density at radius 3 is 2.55 bits per heavy atom. The van der Waals surface area contributed by atoms with Crippen LogP contribution < -0.4 is 10.2 Å². The van der Waals surface area contributed by atoms with Crippen molar-refractivity contribution in [1.82, 2.24) is 10.2 Å². The summed E-state index contributed by atoms with van der Waals surface area (Å²) < 4.78 is 0. The first-order valence-electron chi connectivity index (χ1n) is 10.9. The van der Waals surface area contributed by atoms with Crippen LogP contribution in [-0.2, 0) is 9.59 Å². The first-order valence-corrected chi connectivity index (χ1v) is 10.9. The zero-order valence-corrected chi connectivity index (χ0v) is 18.6. The zero-order valence-electron chi connectivity index (χ0n) is 17.8. The number of carbonyl (C=O) groups excluding carboxylic acids is 2. The molecule has 3 saturated heterocycles. The van der Waals surface area contributed by atoms with Crippen molar-refractivity contribution in [3.05, 3.63) is 29.8 Å². The number of para-hydroxylation sites is 1. The summed E-state index contributed by atoms with van der Waals surface area (Å²) in [5.41, 5.74) is 2.19. The number of fused-ring (bicyclic) bond motifs is 2. The van der Waals surface area contributed by atoms with Crippen molar-refractivity contribution in [2.75, 3.05) is 18.5 Å². The summed E-state index contributed by atoms with van der Waals surface area (Å²) in [6.45, 7) is 4.87. The van der Waals surface area contributed by atoms with Crippen LogP contribution in [0.4, 0.5) is 5.69 Å². The number of carbonyl (C=O) groups is 2. The van der Waals surface area contributed by atoms with E-state index in [0.29, 0.717) is 37.0 Å². The Kier molecular flexibility index (Phi) is 6.90. The molecule has 4 unspecified atom stereocenters. The Bertz CT molecular complexity index is 743. The molecule has 2 bridgehead atoms. The van der Waals surface area contributed by atoms with Gasteiger partial charge in [-0.25, -0.2) is 0 Å². The van der Waals surface area contributed by atoms with Crippen molar-refractivity contribution in [3.8, 4) is 0 Å². The van der Waals surface area contributed by atoms with Crippen molar-refractivity contribution in [2.45, 2.75) is 76.4 Å². The molecule has 3 aliphatic rings. The standard InChI is InChI=1S/C23H33N3O2.ClH/c1-4-15(2)20-7-5-6-8-21(20)26-14-16(11-22(26)27)23(28)25(3)19-12-17-9-10-18(13-19)24-17;/h5-8,15-19,24H,4,9-14H2,1-3H3;1H. The van der Waals surface area contributed by atoms with Crippen LogP contribution in [0.2, 0.25) is 0 Å². The number of halogens is 1. The van der Waals surface area contributed by atoms with Crippen molar-refractivity contribution >= 4 is 29.9 Å². The minimum Gasteiger partial charge on any atom is -0.342 e. The summed E-state index contributed by atoms with van der Waals surface area (Å²) >= 11 is 0. The lowest BCUT2D eigenvalue weighted by Gasteiger charge is -2.36. The van der Waals surface area contributed by atoms with E-state index in [4.69, 9.17) is 0 Å². The second-order valence-electron chi connectivity index (χ2n) is 8.99. The maximum absolute atomic E-state index is 13.2. The Labute approximate surface area is 180 Å². The fourth-order valence-electron chi connectivity index (χ4n) is 5.29. The highest BCUT2D eigenvalue weighted by molar-refractivity contribution is 6.01. The molecule has 4 rings (SSSR count). The molecule has 1 aromatic rings. The smallest absolute Gasteiger partial charge is 0.228 e. The Morgan fingerprint density at radius 1 is 1.24 bits per heavy atom. The number of anilines is 1. The van der Waals surface area contributed by atoms with Crippen LogP contribution in [0.15, 0.2) is 24.3 Å². The highest BCUT2D eigenvalue weighted by atomic mass is 35.5. The second kappa shape index (κ2) is 9.05. The molecule has 6 heteroatoms. The summed E-state index contributed by atoms with van der Waals surface area (Å²) in [4.78, 5) is 29.8. The van der Waals surface area contributed by atoms with E-state index in [1.165, 1.54) is 18.4 Å². The van der Waals surface area contributed by atoms with Gasteiger partial charge in [0.1, 0.15) is 0 Å². The van der Waals surface area contributed by atoms with E-state index >= 15 is 0 Å². The van der Waals surface area contributed by atoms with Gasteiger partial charge in [0.2, 0.25) is 11.8 Å². The third-order valence-electron chi connectivity index (χ3n) is 7.19. The first kappa shape index (κ1) is 22.1. The number of rotatable bonds is 5. The number of hydrogen-bond acceptors (Lipinski definition) is 3. The number of amides is 2. The van der Waals surface area contributed by atoms with Gasteiger partial charge in [0, 0.05) is 43.8 Å². The van der Waals surface area contributed by atoms with E-state index in [1.54, 1.807) is 0 Å². The van der Waals surface area contributed by atoms with Crippen LogP contribution in [0.1, 0.15) is 63.9 Å². The van der Waals surface area contributed by atoms with E-state index in [-0.39, 0.29) is 30.1 Å². The molecule has 0 aromatic heterocycles. The molecular formula is C23H34ClN3O2. The third kappa shape index (κ3) is 4.31. The van der Waals surface area contributed by atoms with Crippen LogP contribution >= 0.6 is 12.4 Å². The highest BCUT2D eigenvalue weighted by Gasteiger charge is 2.41. The molecule has 3 fully saturated rings. The van der Waals surface area contributed by atoms with Crippen LogP contribution in [0, 0.1) is 5.92 Å². The molecule has 3 aliphatic heterocycles. The molecule has 0 radical (unpaired) electrons. The van der Waals surface area contributed by atoms with E-state index in [2.05, 4.69) is 25.2 Å². The predicted molar refractivity (Wildman–Crippen MR) is 119 cm³/mol. The Hall–Kier alpha value is -1.59. The van der Waals surface area contributed by atoms with Crippen molar-refractivity contribution in [1.29, 1.82) is 0 Å². The van der Waals surface area contributed by atoms with Gasteiger partial charge in [0.25, 0.3) is 0 Å². The lowest BCUT2D eigenvalue weighted by molar-refractivity contribution is -0.137. The minimum atomic E-state index is -0.227. The molecule has 3 heterocycles. The predicted octanol–water partition coefficient (Wildman–Crippen LogP) is 3.72. The van der Waals surface area contributed by atoms with Gasteiger partial charge in [-0.1, -0.05) is 32.0 Å². The fraction of sp³-hybridized carbons (Fsp3) is 0.652. The quantitative estimate of drug-likeness (QED) is 0.791. The molecule has 5 nitrogen and oxygen atoms in total. The van der Waals surface area contributed by atoms with E-state index in [1.807, 2.05) is 35.0 Å². The normalized spacial score (nSPS) is 29.5. The van der Waals surface area contributed by atoms with Crippen LogP contribution in [0.25, 0.3) is 0 Å².